The first-order valence-corrected chi connectivity index (χ1v) is 14.1. The van der Waals surface area contributed by atoms with Gasteiger partial charge in [0.05, 0.1) is 11.0 Å². The van der Waals surface area contributed by atoms with Crippen molar-refractivity contribution in [3.8, 4) is 17.2 Å². The van der Waals surface area contributed by atoms with Gasteiger partial charge in [-0.05, 0) is 69.4 Å². The van der Waals surface area contributed by atoms with Gasteiger partial charge in [0.15, 0.2) is 12.2 Å². The van der Waals surface area contributed by atoms with E-state index in [-0.39, 0.29) is 45.0 Å². The number of hydrogen-bond acceptors (Lipinski definition) is 11. The van der Waals surface area contributed by atoms with Crippen LogP contribution in [0.3, 0.4) is 0 Å². The van der Waals surface area contributed by atoms with Crippen LogP contribution in [0.15, 0.2) is 39.5 Å². The molecule has 2 aromatic carbocycles. The SMILES string of the molecule is COC1C(OC(N)=O)C(O)C(Oc2cc(O)c3cc(NC(=O)c4ccc(O)c(CCC(C)C)c4)c(=O)oc3c2C)OC1(C)C. The summed E-state index contributed by atoms with van der Waals surface area (Å²) >= 11 is 0. The van der Waals surface area contributed by atoms with Crippen molar-refractivity contribution < 1.29 is 48.3 Å². The number of aliphatic hydroxyl groups excluding tert-OH is 1. The molecule has 3 aromatic rings. The summed E-state index contributed by atoms with van der Waals surface area (Å²) in [5.74, 6) is -0.480. The van der Waals surface area contributed by atoms with Gasteiger partial charge >= 0.3 is 11.7 Å². The number of benzene rings is 2. The molecule has 1 aliphatic rings. The second kappa shape index (κ2) is 12.7. The van der Waals surface area contributed by atoms with Gasteiger partial charge in [-0.15, -0.1) is 0 Å². The zero-order valence-electron chi connectivity index (χ0n) is 25.4. The molecule has 4 unspecified atom stereocenters. The van der Waals surface area contributed by atoms with E-state index in [1.807, 2.05) is 0 Å². The molecule has 0 radical (unpaired) electrons. The Morgan fingerprint density at radius 2 is 1.84 bits per heavy atom. The maximum absolute atomic E-state index is 13.0. The first-order chi connectivity index (χ1) is 20.6. The molecule has 238 valence electrons. The fraction of sp³-hybridized carbons (Fsp3) is 0.452. The number of phenolic OH excluding ortho intramolecular Hbond substituents is 2. The molecule has 1 aromatic heterocycles. The molecule has 44 heavy (non-hydrogen) atoms. The Kier molecular flexibility index (Phi) is 9.42. The number of primary amides is 1. The van der Waals surface area contributed by atoms with Crippen molar-refractivity contribution in [3.63, 3.8) is 0 Å². The minimum atomic E-state index is -1.55. The van der Waals surface area contributed by atoms with E-state index in [0.29, 0.717) is 17.9 Å². The van der Waals surface area contributed by atoms with Crippen LogP contribution < -0.4 is 21.4 Å². The van der Waals surface area contributed by atoms with Gasteiger partial charge in [0, 0.05) is 24.3 Å². The summed E-state index contributed by atoms with van der Waals surface area (Å²) in [6.45, 7) is 8.96. The molecule has 0 bridgehead atoms. The largest absolute Gasteiger partial charge is 0.508 e. The van der Waals surface area contributed by atoms with Crippen LogP contribution in [0.25, 0.3) is 11.0 Å². The number of aliphatic hydroxyl groups is 1. The zero-order valence-corrected chi connectivity index (χ0v) is 25.4. The summed E-state index contributed by atoms with van der Waals surface area (Å²) in [4.78, 5) is 37.5. The van der Waals surface area contributed by atoms with Gasteiger partial charge in [0.25, 0.3) is 5.91 Å². The number of methoxy groups -OCH3 is 1. The summed E-state index contributed by atoms with van der Waals surface area (Å²) in [6, 6.07) is 6.95. The highest BCUT2D eigenvalue weighted by Gasteiger charge is 2.53. The Hall–Kier alpha value is -4.33. The minimum absolute atomic E-state index is 0.00139. The van der Waals surface area contributed by atoms with Crippen molar-refractivity contribution >= 4 is 28.7 Å². The summed E-state index contributed by atoms with van der Waals surface area (Å²) in [5.41, 5.74) is 4.06. The number of rotatable bonds is 9. The molecule has 2 heterocycles. The molecule has 1 saturated heterocycles. The van der Waals surface area contributed by atoms with E-state index in [9.17, 15) is 29.7 Å². The van der Waals surface area contributed by atoms with E-state index in [0.717, 1.165) is 6.42 Å². The molecular formula is C31H38N2O11. The van der Waals surface area contributed by atoms with E-state index < -0.39 is 47.8 Å². The Bertz CT molecular complexity index is 1610. The van der Waals surface area contributed by atoms with Crippen molar-refractivity contribution in [1.82, 2.24) is 0 Å². The molecular weight excluding hydrogens is 576 g/mol. The van der Waals surface area contributed by atoms with Crippen LogP contribution in [0.5, 0.6) is 17.2 Å². The molecule has 0 aliphatic carbocycles. The number of fused-ring (bicyclic) bond motifs is 1. The van der Waals surface area contributed by atoms with Crippen molar-refractivity contribution in [2.24, 2.45) is 11.7 Å². The van der Waals surface area contributed by atoms with Crippen LogP contribution in [0.4, 0.5) is 10.5 Å². The number of aromatic hydroxyl groups is 2. The first-order valence-electron chi connectivity index (χ1n) is 14.1. The predicted molar refractivity (Wildman–Crippen MR) is 159 cm³/mol. The third-order valence-corrected chi connectivity index (χ3v) is 7.55. The summed E-state index contributed by atoms with van der Waals surface area (Å²) in [7, 11) is 1.36. The third kappa shape index (κ3) is 6.74. The van der Waals surface area contributed by atoms with Crippen molar-refractivity contribution in [2.75, 3.05) is 12.4 Å². The monoisotopic (exact) mass is 614 g/mol. The molecule has 0 spiro atoms. The number of phenols is 2. The van der Waals surface area contributed by atoms with Crippen LogP contribution in [-0.4, -0.2) is 64.6 Å². The molecule has 4 rings (SSSR count). The lowest BCUT2D eigenvalue weighted by molar-refractivity contribution is -0.304. The highest BCUT2D eigenvalue weighted by Crippen LogP contribution is 2.39. The number of nitrogens with one attached hydrogen (secondary N) is 1. The smallest absolute Gasteiger partial charge is 0.404 e. The Balaban J connectivity index is 1.62. The van der Waals surface area contributed by atoms with Crippen molar-refractivity contribution in [3.05, 3.63) is 57.4 Å². The van der Waals surface area contributed by atoms with E-state index in [1.165, 1.54) is 31.4 Å². The molecule has 1 fully saturated rings. The lowest BCUT2D eigenvalue weighted by Crippen LogP contribution is -2.65. The second-order valence-electron chi connectivity index (χ2n) is 11.7. The number of anilines is 1. The third-order valence-electron chi connectivity index (χ3n) is 7.55. The fourth-order valence-corrected chi connectivity index (χ4v) is 5.21. The normalized spacial score (nSPS) is 21.3. The number of carbonyl (C=O) groups is 2. The van der Waals surface area contributed by atoms with Gasteiger partial charge in [-0.2, -0.15) is 0 Å². The Labute approximate surface area is 253 Å². The number of amides is 2. The van der Waals surface area contributed by atoms with Gasteiger partial charge in [-0.3, -0.25) is 4.79 Å². The van der Waals surface area contributed by atoms with Gasteiger partial charge in [0.1, 0.15) is 34.6 Å². The maximum atomic E-state index is 13.0. The van der Waals surface area contributed by atoms with E-state index in [2.05, 4.69) is 19.2 Å². The molecule has 4 atom stereocenters. The maximum Gasteiger partial charge on any atom is 0.404 e. The van der Waals surface area contributed by atoms with Gasteiger partial charge in [0.2, 0.25) is 6.29 Å². The predicted octanol–water partition coefficient (Wildman–Crippen LogP) is 3.71. The second-order valence-corrected chi connectivity index (χ2v) is 11.7. The average Bonchev–Trinajstić information content (AvgIpc) is 2.94. The van der Waals surface area contributed by atoms with E-state index >= 15 is 0 Å². The fourth-order valence-electron chi connectivity index (χ4n) is 5.21. The van der Waals surface area contributed by atoms with Crippen LogP contribution in [0.1, 0.15) is 55.6 Å². The molecule has 2 amide bonds. The van der Waals surface area contributed by atoms with Gasteiger partial charge in [-0.25, -0.2) is 9.59 Å². The first kappa shape index (κ1) is 32.6. The number of hydrogen-bond donors (Lipinski definition) is 5. The van der Waals surface area contributed by atoms with Crippen LogP contribution >= 0.6 is 0 Å². The van der Waals surface area contributed by atoms with Crippen molar-refractivity contribution in [1.29, 1.82) is 0 Å². The topological polar surface area (TPSA) is 200 Å². The van der Waals surface area contributed by atoms with Gasteiger partial charge in [-0.1, -0.05) is 13.8 Å². The highest BCUT2D eigenvalue weighted by molar-refractivity contribution is 6.05. The van der Waals surface area contributed by atoms with E-state index in [1.54, 1.807) is 26.8 Å². The minimum Gasteiger partial charge on any atom is -0.508 e. The Morgan fingerprint density at radius 1 is 1.14 bits per heavy atom. The summed E-state index contributed by atoms with van der Waals surface area (Å²) < 4.78 is 27.8. The number of ether oxygens (including phenoxy) is 4. The molecule has 13 nitrogen and oxygen atoms in total. The lowest BCUT2D eigenvalue weighted by Gasteiger charge is -2.47. The summed E-state index contributed by atoms with van der Waals surface area (Å²) in [6.07, 6.45) is -4.83. The quantitative estimate of drug-likeness (QED) is 0.220. The van der Waals surface area contributed by atoms with Crippen LogP contribution in [0.2, 0.25) is 0 Å². The molecule has 0 saturated carbocycles. The van der Waals surface area contributed by atoms with E-state index in [4.69, 9.17) is 29.1 Å². The number of carbonyl (C=O) groups excluding carboxylic acids is 2. The molecule has 13 heteroatoms. The number of nitrogens with two attached hydrogens (primary N) is 1. The van der Waals surface area contributed by atoms with Crippen LogP contribution in [0, 0.1) is 12.8 Å². The molecule has 6 N–H and O–H groups in total. The highest BCUT2D eigenvalue weighted by atomic mass is 16.7. The van der Waals surface area contributed by atoms with Crippen molar-refractivity contribution in [2.45, 2.75) is 77.7 Å². The molecule has 1 aliphatic heterocycles. The average molecular weight is 615 g/mol. The standard InChI is InChI=1S/C31H38N2O11/c1-14(2)7-8-16-11-17(9-10-20(16)34)27(37)33-19-12-18-21(35)13-22(15(3)24(18)42-28(19)38)41-29-23(36)25(43-30(32)39)26(40-6)31(4,5)44-29/h9-14,23,25-26,29,34-36H,7-8H2,1-6H3,(H2,32,39)(H,33,37). The number of aryl methyl sites for hydroxylation is 2. The van der Waals surface area contributed by atoms with Crippen LogP contribution in [-0.2, 0) is 20.6 Å². The van der Waals surface area contributed by atoms with Gasteiger partial charge < -0.3 is 49.7 Å². The Morgan fingerprint density at radius 3 is 2.48 bits per heavy atom. The lowest BCUT2D eigenvalue weighted by atomic mass is 9.89. The zero-order chi connectivity index (χ0) is 32.5. The summed E-state index contributed by atoms with van der Waals surface area (Å²) in [5, 5.41) is 34.6.